The van der Waals surface area contributed by atoms with Crippen molar-refractivity contribution in [1.29, 1.82) is 0 Å². The number of carbonyl (C=O) groups excluding carboxylic acids is 1. The fraction of sp³-hybridized carbons (Fsp3) is 0.667. The molecule has 2 aromatic carbocycles. The summed E-state index contributed by atoms with van der Waals surface area (Å²) in [6.07, 6.45) is 13.1. The summed E-state index contributed by atoms with van der Waals surface area (Å²) in [6.45, 7) is 24.2. The molecule has 2 nitrogen and oxygen atoms in total. The Hall–Kier alpha value is -1.27. The first-order valence-electron chi connectivity index (χ1n) is 19.9. The number of Topliss-reactive ketones (excluding diaryl/α,β-unsaturated/α-hetero) is 1. The third-order valence-electron chi connectivity index (χ3n) is 14.6. The van der Waals surface area contributed by atoms with E-state index in [0.29, 0.717) is 35.6 Å². The number of hydrogen-bond acceptors (Lipinski definition) is 4. The smallest absolute Gasteiger partial charge is 0.192 e. The molecule has 6 rings (SSSR count). The van der Waals surface area contributed by atoms with Crippen molar-refractivity contribution in [3.63, 3.8) is 0 Å². The molecular formula is C45H66O2S2Si. The van der Waals surface area contributed by atoms with Crippen LogP contribution in [0.4, 0.5) is 0 Å². The second kappa shape index (κ2) is 14.5. The largest absolute Gasteiger partial charge is 0.414 e. The maximum Gasteiger partial charge on any atom is 0.192 e. The van der Waals surface area contributed by atoms with Crippen molar-refractivity contribution in [2.75, 3.05) is 0 Å². The highest BCUT2D eigenvalue weighted by Gasteiger charge is 2.64. The zero-order chi connectivity index (χ0) is 36.1. The highest BCUT2D eigenvalue weighted by molar-refractivity contribution is 8.18. The SMILES string of the molecule is CC(C)CCC(Sc1ccccc1)(Sc1ccccc1)C(C)[C@H]1C(=O)C[C@H]2[C@@H]3CC=C4C[C@@H](O[Si](C)(C)C(C)(C)C)CC[C@]4(C)[C@H]3CC[C@]12C. The van der Waals surface area contributed by atoms with E-state index in [1.807, 2.05) is 23.5 Å². The molecule has 1 unspecified atom stereocenters. The normalized spacial score (nSPS) is 32.3. The molecule has 4 aliphatic carbocycles. The van der Waals surface area contributed by atoms with Crippen LogP contribution in [0.5, 0.6) is 0 Å². The number of ketones is 1. The highest BCUT2D eigenvalue weighted by Crippen LogP contribution is 2.69. The fourth-order valence-corrected chi connectivity index (χ4v) is 15.3. The second-order valence-corrected chi connectivity index (χ2v) is 26.9. The summed E-state index contributed by atoms with van der Waals surface area (Å²) in [6, 6.07) is 22.0. The lowest BCUT2D eigenvalue weighted by Crippen LogP contribution is -2.53. The highest BCUT2D eigenvalue weighted by atomic mass is 32.2. The standard InChI is InChI=1S/C45H66O2S2Si/c1-31(2)23-28-45(48-35-17-13-11-14-18-35,49-36-19-15-12-16-20-36)32(3)41-40(46)30-39-37-22-21-33-29-34(47-50(9,10)42(4,5)6)24-26-43(33,7)38(37)25-27-44(39,41)8/h11-21,31-32,34,37-39,41H,22-30H2,1-10H3/t32?,34-,37+,38-,39-,41-,43-,44-/m0/s1. The Morgan fingerprint density at radius 1 is 0.860 bits per heavy atom. The average Bonchev–Trinajstić information content (AvgIpc) is 3.33. The van der Waals surface area contributed by atoms with Crippen LogP contribution in [0.2, 0.25) is 18.1 Å². The first-order chi connectivity index (χ1) is 23.5. The number of fused-ring (bicyclic) bond motifs is 5. The quantitative estimate of drug-likeness (QED) is 0.0995. The Bertz CT molecular complexity index is 1470. The fourth-order valence-electron chi connectivity index (χ4n) is 10.7. The molecule has 0 aromatic heterocycles. The van der Waals surface area contributed by atoms with Crippen molar-refractivity contribution in [3.8, 4) is 0 Å². The van der Waals surface area contributed by atoms with Crippen LogP contribution in [0.1, 0.15) is 113 Å². The van der Waals surface area contributed by atoms with Gasteiger partial charge in [0, 0.05) is 28.2 Å². The molecule has 0 N–H and O–H groups in total. The van der Waals surface area contributed by atoms with E-state index < -0.39 is 8.32 Å². The summed E-state index contributed by atoms with van der Waals surface area (Å²) >= 11 is 4.09. The lowest BCUT2D eigenvalue weighted by Gasteiger charge is -2.59. The van der Waals surface area contributed by atoms with Crippen molar-refractivity contribution in [2.24, 2.45) is 46.3 Å². The van der Waals surface area contributed by atoms with Crippen molar-refractivity contribution in [2.45, 2.75) is 151 Å². The van der Waals surface area contributed by atoms with Gasteiger partial charge in [0.05, 0.1) is 4.08 Å². The second-order valence-electron chi connectivity index (χ2n) is 19.1. The van der Waals surface area contributed by atoms with Crippen molar-refractivity contribution < 1.29 is 9.22 Å². The van der Waals surface area contributed by atoms with Gasteiger partial charge >= 0.3 is 0 Å². The molecule has 0 amide bonds. The summed E-state index contributed by atoms with van der Waals surface area (Å²) in [7, 11) is -1.81. The predicted molar refractivity (Wildman–Crippen MR) is 218 cm³/mol. The van der Waals surface area contributed by atoms with Gasteiger partial charge in [0.25, 0.3) is 0 Å². The maximum atomic E-state index is 14.7. The molecule has 0 bridgehead atoms. The Morgan fingerprint density at radius 3 is 2.02 bits per heavy atom. The molecule has 3 saturated carbocycles. The van der Waals surface area contributed by atoms with Gasteiger partial charge in [0.2, 0.25) is 0 Å². The van der Waals surface area contributed by atoms with E-state index >= 15 is 0 Å². The van der Waals surface area contributed by atoms with Crippen LogP contribution in [0, 0.1) is 46.3 Å². The topological polar surface area (TPSA) is 26.3 Å². The van der Waals surface area contributed by atoms with Gasteiger partial charge in [-0.15, -0.1) is 23.5 Å². The van der Waals surface area contributed by atoms with E-state index in [4.69, 9.17) is 4.43 Å². The van der Waals surface area contributed by atoms with Gasteiger partial charge < -0.3 is 4.43 Å². The Kier molecular flexibility index (Phi) is 11.2. The minimum absolute atomic E-state index is 0.0413. The molecule has 0 saturated heterocycles. The number of thioether (sulfide) groups is 2. The van der Waals surface area contributed by atoms with Gasteiger partial charge in [-0.3, -0.25) is 4.79 Å². The van der Waals surface area contributed by atoms with Gasteiger partial charge in [-0.2, -0.15) is 0 Å². The van der Waals surface area contributed by atoms with Crippen LogP contribution < -0.4 is 0 Å². The summed E-state index contributed by atoms with van der Waals surface area (Å²) in [5.41, 5.74) is 1.97. The number of hydrogen-bond donors (Lipinski definition) is 0. The minimum Gasteiger partial charge on any atom is -0.414 e. The molecule has 0 radical (unpaired) electrons. The van der Waals surface area contributed by atoms with Gasteiger partial charge in [-0.1, -0.05) is 103 Å². The molecule has 0 spiro atoms. The van der Waals surface area contributed by atoms with Gasteiger partial charge in [0.15, 0.2) is 8.32 Å². The molecule has 8 atom stereocenters. The molecule has 274 valence electrons. The first kappa shape index (κ1) is 38.5. The maximum absolute atomic E-state index is 14.7. The summed E-state index contributed by atoms with van der Waals surface area (Å²) in [5.74, 6) is 3.24. The number of benzene rings is 2. The van der Waals surface area contributed by atoms with Gasteiger partial charge in [0.1, 0.15) is 5.78 Å². The van der Waals surface area contributed by atoms with E-state index in [0.717, 1.165) is 32.1 Å². The lowest BCUT2D eigenvalue weighted by atomic mass is 9.47. The van der Waals surface area contributed by atoms with E-state index in [1.54, 1.807) is 5.57 Å². The average molecular weight is 731 g/mol. The molecule has 0 aliphatic heterocycles. The Morgan fingerprint density at radius 2 is 1.46 bits per heavy atom. The molecular weight excluding hydrogens is 665 g/mol. The van der Waals surface area contributed by atoms with Crippen LogP contribution >= 0.6 is 23.5 Å². The molecule has 4 aliphatic rings. The lowest BCUT2D eigenvalue weighted by molar-refractivity contribution is -0.124. The van der Waals surface area contributed by atoms with Crippen LogP contribution in [0.3, 0.4) is 0 Å². The van der Waals surface area contributed by atoms with Gasteiger partial charge in [-0.25, -0.2) is 0 Å². The van der Waals surface area contributed by atoms with Gasteiger partial charge in [-0.05, 0) is 134 Å². The molecule has 5 heteroatoms. The number of rotatable bonds is 11. The molecule has 0 heterocycles. The third kappa shape index (κ3) is 7.30. The van der Waals surface area contributed by atoms with Crippen molar-refractivity contribution in [1.82, 2.24) is 0 Å². The molecule has 2 aromatic rings. The Balaban J connectivity index is 1.30. The zero-order valence-corrected chi connectivity index (χ0v) is 35.5. The van der Waals surface area contributed by atoms with E-state index in [9.17, 15) is 4.79 Å². The van der Waals surface area contributed by atoms with E-state index in [2.05, 4.69) is 135 Å². The minimum atomic E-state index is -1.81. The summed E-state index contributed by atoms with van der Waals surface area (Å²) < 4.78 is 6.87. The predicted octanol–water partition coefficient (Wildman–Crippen LogP) is 13.5. The summed E-state index contributed by atoms with van der Waals surface area (Å²) in [4.78, 5) is 17.4. The first-order valence-corrected chi connectivity index (χ1v) is 24.4. The van der Waals surface area contributed by atoms with Crippen LogP contribution in [-0.4, -0.2) is 24.3 Å². The number of allylic oxidation sites excluding steroid dienone is 1. The van der Waals surface area contributed by atoms with Crippen LogP contribution in [0.25, 0.3) is 0 Å². The molecule has 3 fully saturated rings. The van der Waals surface area contributed by atoms with Crippen molar-refractivity contribution in [3.05, 3.63) is 72.3 Å². The summed E-state index contributed by atoms with van der Waals surface area (Å²) in [5, 5.41) is 0.238. The van der Waals surface area contributed by atoms with Crippen LogP contribution in [0.15, 0.2) is 82.1 Å². The molecule has 50 heavy (non-hydrogen) atoms. The third-order valence-corrected chi connectivity index (χ3v) is 22.5. The van der Waals surface area contributed by atoms with E-state index in [-0.39, 0.29) is 31.8 Å². The monoisotopic (exact) mass is 730 g/mol. The van der Waals surface area contributed by atoms with Crippen molar-refractivity contribution >= 4 is 37.6 Å². The van der Waals surface area contributed by atoms with E-state index in [1.165, 1.54) is 35.5 Å². The number of carbonyl (C=O) groups is 1. The Labute approximate surface area is 315 Å². The van der Waals surface area contributed by atoms with Crippen LogP contribution in [-0.2, 0) is 9.22 Å². The zero-order valence-electron chi connectivity index (χ0n) is 32.9.